The van der Waals surface area contributed by atoms with Gasteiger partial charge in [0.2, 0.25) is 0 Å². The van der Waals surface area contributed by atoms with E-state index in [9.17, 15) is 0 Å². The molecule has 0 atom stereocenters. The quantitative estimate of drug-likeness (QED) is 0.199. The smallest absolute Gasteiger partial charge is 0.324 e. The fourth-order valence-electron chi connectivity index (χ4n) is 0.173. The van der Waals surface area contributed by atoms with E-state index in [2.05, 4.69) is 0 Å². The van der Waals surface area contributed by atoms with Crippen LogP contribution in [0.3, 0.4) is 0 Å². The molecule has 0 fully saturated rings. The van der Waals surface area contributed by atoms with Crippen LogP contribution in [0.25, 0.3) is 0 Å². The van der Waals surface area contributed by atoms with Gasteiger partial charge in [-0.2, -0.15) is 0 Å². The van der Waals surface area contributed by atoms with E-state index in [1.165, 1.54) is 0 Å². The molecule has 140 valence electrons. The average Bonchev–Trinajstić information content (AvgIpc) is 2.52. The van der Waals surface area contributed by atoms with Crippen molar-refractivity contribution in [2.75, 3.05) is 39.6 Å². The highest BCUT2D eigenvalue weighted by Gasteiger charge is 1.94. The van der Waals surface area contributed by atoms with Gasteiger partial charge in [-0.3, -0.25) is 0 Å². The molecule has 0 radical (unpaired) electrons. The summed E-state index contributed by atoms with van der Waals surface area (Å²) < 4.78 is 0. The van der Waals surface area contributed by atoms with Gasteiger partial charge in [-0.1, -0.05) is 0 Å². The summed E-state index contributed by atoms with van der Waals surface area (Å²) in [5.41, 5.74) is 0. The van der Waals surface area contributed by atoms with Gasteiger partial charge in [0.05, 0.1) is 39.6 Å². The number of aliphatic hydroxyl groups excluding tert-OH is 9. The molecule has 0 bridgehead atoms. The molecule has 0 aliphatic heterocycles. The minimum Gasteiger partial charge on any atom is -0.394 e. The lowest BCUT2D eigenvalue weighted by atomic mass is 10.4. The molecule has 12 N–H and O–H groups in total. The van der Waals surface area contributed by atoms with Crippen molar-refractivity contribution in [3.63, 3.8) is 0 Å². The largest absolute Gasteiger partial charge is 0.394 e. The van der Waals surface area contributed by atoms with Crippen LogP contribution >= 0.6 is 8.60 Å². The van der Waals surface area contributed by atoms with Crippen molar-refractivity contribution >= 4 is 8.60 Å². The van der Waals surface area contributed by atoms with Crippen molar-refractivity contribution in [3.8, 4) is 0 Å². The fourth-order valence-corrected chi connectivity index (χ4v) is 0.173. The molecular weight excluding hydrogens is 331 g/mol. The highest BCUT2D eigenvalue weighted by Crippen LogP contribution is 2.11. The number of rotatable bonds is 6. The molecule has 0 aliphatic rings. The zero-order valence-corrected chi connectivity index (χ0v) is 12.7. The molecule has 0 aliphatic carbocycles. The molecule has 0 saturated heterocycles. The van der Waals surface area contributed by atoms with Gasteiger partial charge in [0, 0.05) is 0 Å². The van der Waals surface area contributed by atoms with Crippen molar-refractivity contribution in [3.05, 3.63) is 0 Å². The number of hydrogen-bond acceptors (Lipinski definition) is 12. The van der Waals surface area contributed by atoms with E-state index >= 15 is 0 Å². The maximum absolute atomic E-state index is 8.17. The summed E-state index contributed by atoms with van der Waals surface area (Å²) in [6, 6.07) is 0. The molecule has 0 unspecified atom stereocenters. The number of aliphatic hydroxyl groups is 9. The third-order valence-electron chi connectivity index (χ3n) is 1.26. The zero-order valence-electron chi connectivity index (χ0n) is 11.8. The lowest BCUT2D eigenvalue weighted by molar-refractivity contribution is 0.0450. The first-order chi connectivity index (χ1) is 10.2. The Balaban J connectivity index is -0.0000000994. The predicted octanol–water partition coefficient (Wildman–Crippen LogP) is -5.81. The maximum Gasteiger partial charge on any atom is 0.324 e. The molecule has 0 aromatic rings. The molecule has 0 rings (SSSR count). The van der Waals surface area contributed by atoms with Crippen LogP contribution in [0.1, 0.15) is 0 Å². The number of hydrogen-bond donors (Lipinski definition) is 12. The lowest BCUT2D eigenvalue weighted by Crippen LogP contribution is -2.15. The van der Waals surface area contributed by atoms with Crippen LogP contribution in [-0.2, 0) is 0 Å². The molecule has 0 aromatic heterocycles. The second kappa shape index (κ2) is 25.9. The van der Waals surface area contributed by atoms with Crippen molar-refractivity contribution in [1.82, 2.24) is 0 Å². The summed E-state index contributed by atoms with van der Waals surface area (Å²) in [7, 11) is -2.62. The molecule has 12 nitrogen and oxygen atoms in total. The van der Waals surface area contributed by atoms with E-state index < -0.39 is 26.9 Å². The van der Waals surface area contributed by atoms with Crippen LogP contribution in [0.4, 0.5) is 0 Å². The third-order valence-corrected chi connectivity index (χ3v) is 1.26. The monoisotopic (exact) mass is 358 g/mol. The minimum atomic E-state index is -2.62. The molecule has 0 saturated carbocycles. The van der Waals surface area contributed by atoms with E-state index in [0.717, 1.165) is 0 Å². The fraction of sp³-hybridized carbons (Fsp3) is 1.00. The van der Waals surface area contributed by atoms with Crippen LogP contribution in [0, 0.1) is 0 Å². The SMILES string of the molecule is OCC(O)CO.OCC(O)CO.OCC(O)CO.OP(O)O. The Morgan fingerprint density at radius 3 is 0.545 bits per heavy atom. The topological polar surface area (TPSA) is 243 Å². The summed E-state index contributed by atoms with van der Waals surface area (Å²) >= 11 is 0. The Hall–Kier alpha value is -0.0500. The highest BCUT2D eigenvalue weighted by atomic mass is 31.2. The summed E-state index contributed by atoms with van der Waals surface area (Å²) in [6.45, 7) is -2.19. The normalized spacial score (nSPS) is 9.82. The summed E-state index contributed by atoms with van der Waals surface area (Å²) in [4.78, 5) is 21.7. The Labute approximate surface area is 128 Å². The summed E-state index contributed by atoms with van der Waals surface area (Å²) in [6.07, 6.45) is -2.86. The molecule has 13 heteroatoms. The van der Waals surface area contributed by atoms with Crippen molar-refractivity contribution in [2.24, 2.45) is 0 Å². The van der Waals surface area contributed by atoms with E-state index in [1.807, 2.05) is 0 Å². The molecule has 0 aromatic carbocycles. The van der Waals surface area contributed by atoms with Gasteiger partial charge < -0.3 is 60.6 Å². The highest BCUT2D eigenvalue weighted by molar-refractivity contribution is 7.38. The average molecular weight is 358 g/mol. The standard InChI is InChI=1S/3C3H8O3.H3O3P/c3*4-1-3(6)2-5;1-4(2)3/h3*3-6H,1-2H2;1-3H. The predicted molar refractivity (Wildman–Crippen MR) is 74.1 cm³/mol. The molecular formula is C9H27O12P. The maximum atomic E-state index is 8.17. The second-order valence-electron chi connectivity index (χ2n) is 3.33. The van der Waals surface area contributed by atoms with Crippen molar-refractivity contribution in [1.29, 1.82) is 0 Å². The second-order valence-corrected chi connectivity index (χ2v) is 3.86. The van der Waals surface area contributed by atoms with Gasteiger partial charge in [-0.25, -0.2) is 0 Å². The van der Waals surface area contributed by atoms with Gasteiger partial charge in [0.1, 0.15) is 18.3 Å². The van der Waals surface area contributed by atoms with Gasteiger partial charge in [-0.15, -0.1) is 0 Å². The van der Waals surface area contributed by atoms with Gasteiger partial charge in [0.15, 0.2) is 0 Å². The third kappa shape index (κ3) is 50.2. The first-order valence-corrected chi connectivity index (χ1v) is 6.92. The first-order valence-electron chi connectivity index (χ1n) is 5.72. The van der Waals surface area contributed by atoms with Crippen LogP contribution < -0.4 is 0 Å². The van der Waals surface area contributed by atoms with E-state index in [0.29, 0.717) is 0 Å². The van der Waals surface area contributed by atoms with E-state index in [1.54, 1.807) is 0 Å². The van der Waals surface area contributed by atoms with Crippen LogP contribution in [-0.4, -0.2) is 119 Å². The van der Waals surface area contributed by atoms with Crippen LogP contribution in [0.2, 0.25) is 0 Å². The molecule has 0 heterocycles. The Morgan fingerprint density at radius 2 is 0.545 bits per heavy atom. The van der Waals surface area contributed by atoms with Gasteiger partial charge >= 0.3 is 8.60 Å². The lowest BCUT2D eigenvalue weighted by Gasteiger charge is -1.96. The van der Waals surface area contributed by atoms with Crippen molar-refractivity contribution in [2.45, 2.75) is 18.3 Å². The Bertz CT molecular complexity index is 136. The van der Waals surface area contributed by atoms with Crippen LogP contribution in [0.5, 0.6) is 0 Å². The molecule has 22 heavy (non-hydrogen) atoms. The Morgan fingerprint density at radius 1 is 0.455 bits per heavy atom. The van der Waals surface area contributed by atoms with E-state index in [4.69, 9.17) is 60.6 Å². The zero-order chi connectivity index (χ0) is 18.6. The summed E-state index contributed by atoms with van der Waals surface area (Å²) in [5, 5.41) is 72.0. The van der Waals surface area contributed by atoms with Crippen LogP contribution in [0.15, 0.2) is 0 Å². The summed E-state index contributed by atoms with van der Waals surface area (Å²) in [5.74, 6) is 0. The minimum absolute atomic E-state index is 0.365. The van der Waals surface area contributed by atoms with Crippen molar-refractivity contribution < 1.29 is 60.6 Å². The van der Waals surface area contributed by atoms with Gasteiger partial charge in [-0.05, 0) is 0 Å². The first kappa shape index (κ1) is 29.9. The Kier molecular flexibility index (Phi) is 35.2. The van der Waals surface area contributed by atoms with Gasteiger partial charge in [0.25, 0.3) is 0 Å². The van der Waals surface area contributed by atoms with E-state index in [-0.39, 0.29) is 39.6 Å². The molecule has 0 amide bonds. The molecule has 0 spiro atoms.